The van der Waals surface area contributed by atoms with Crippen molar-refractivity contribution in [2.75, 3.05) is 40.9 Å². The molecule has 0 spiro atoms. The van der Waals surface area contributed by atoms with Crippen molar-refractivity contribution in [1.29, 1.82) is 0 Å². The highest BCUT2D eigenvalue weighted by Crippen LogP contribution is 2.43. The molecule has 0 heterocycles. The van der Waals surface area contributed by atoms with Crippen molar-refractivity contribution in [1.82, 2.24) is 5.32 Å². The first kappa shape index (κ1) is 42.7. The van der Waals surface area contributed by atoms with Gasteiger partial charge in [-0.1, -0.05) is 121 Å². The van der Waals surface area contributed by atoms with Crippen LogP contribution in [0.1, 0.15) is 129 Å². The predicted molar refractivity (Wildman–Crippen MR) is 184 cm³/mol. The summed E-state index contributed by atoms with van der Waals surface area (Å²) in [5.41, 5.74) is 0. The van der Waals surface area contributed by atoms with Gasteiger partial charge >= 0.3 is 7.82 Å². The lowest BCUT2D eigenvalue weighted by molar-refractivity contribution is -0.870. The molecule has 3 N–H and O–H groups in total. The van der Waals surface area contributed by atoms with E-state index in [9.17, 15) is 19.4 Å². The number of amides is 1. The number of nitrogens with one attached hydrogen (secondary N) is 1. The molecule has 8 nitrogen and oxygen atoms in total. The second-order valence-corrected chi connectivity index (χ2v) is 14.3. The van der Waals surface area contributed by atoms with Crippen LogP contribution in [0, 0.1) is 0 Å². The molecular formula is C35H68N2O6P+. The highest BCUT2D eigenvalue weighted by molar-refractivity contribution is 7.47. The minimum Gasteiger partial charge on any atom is -0.387 e. The number of unbranched alkanes of at least 4 members (excludes halogenated alkanes) is 14. The van der Waals surface area contributed by atoms with E-state index >= 15 is 0 Å². The third kappa shape index (κ3) is 29.4. The number of phosphoric ester groups is 1. The molecule has 0 radical (unpaired) electrons. The van der Waals surface area contributed by atoms with Crippen LogP contribution in [0.3, 0.4) is 0 Å². The zero-order chi connectivity index (χ0) is 32.9. The SMILES string of the molecule is CCCCCCCCCCCCCC/C=C/CC/C=C/CC/C=C/C(O)C(COP(=O)(O)OCC[N+](C)(C)C)NC(=O)CC. The fraction of sp³-hybridized carbons (Fsp3) is 0.800. The zero-order valence-electron chi connectivity index (χ0n) is 28.9. The van der Waals surface area contributed by atoms with E-state index in [-0.39, 0.29) is 25.5 Å². The van der Waals surface area contributed by atoms with Crippen LogP contribution in [-0.2, 0) is 18.4 Å². The van der Waals surface area contributed by atoms with Gasteiger partial charge in [-0.05, 0) is 38.5 Å². The minimum absolute atomic E-state index is 0.0506. The second kappa shape index (κ2) is 28.0. The number of aliphatic hydroxyl groups excluding tert-OH is 1. The van der Waals surface area contributed by atoms with E-state index < -0.39 is 20.0 Å². The average Bonchev–Trinajstić information content (AvgIpc) is 2.96. The number of quaternary nitrogens is 1. The fourth-order valence-electron chi connectivity index (χ4n) is 4.51. The maximum absolute atomic E-state index is 12.2. The van der Waals surface area contributed by atoms with Gasteiger partial charge in [-0.3, -0.25) is 13.8 Å². The van der Waals surface area contributed by atoms with Gasteiger partial charge in [0.1, 0.15) is 13.2 Å². The van der Waals surface area contributed by atoms with Gasteiger partial charge in [-0.15, -0.1) is 0 Å². The van der Waals surface area contributed by atoms with Gasteiger partial charge in [-0.25, -0.2) is 4.57 Å². The van der Waals surface area contributed by atoms with Gasteiger partial charge < -0.3 is 19.8 Å². The van der Waals surface area contributed by atoms with Crippen LogP contribution >= 0.6 is 7.82 Å². The number of aliphatic hydroxyl groups is 1. The summed E-state index contributed by atoms with van der Waals surface area (Å²) in [4.78, 5) is 21.9. The molecule has 0 saturated carbocycles. The number of likely N-dealkylation sites (N-methyl/N-ethyl adjacent to an activating group) is 1. The van der Waals surface area contributed by atoms with Crippen molar-refractivity contribution in [2.24, 2.45) is 0 Å². The fourth-order valence-corrected chi connectivity index (χ4v) is 5.24. The Morgan fingerprint density at radius 3 is 1.73 bits per heavy atom. The summed E-state index contributed by atoms with van der Waals surface area (Å²) in [7, 11) is 1.53. The monoisotopic (exact) mass is 643 g/mol. The van der Waals surface area contributed by atoms with Gasteiger partial charge in [0, 0.05) is 6.42 Å². The van der Waals surface area contributed by atoms with Crippen LogP contribution in [0.25, 0.3) is 0 Å². The Bertz CT molecular complexity index is 825. The third-order valence-corrected chi connectivity index (χ3v) is 8.39. The largest absolute Gasteiger partial charge is 0.472 e. The smallest absolute Gasteiger partial charge is 0.387 e. The summed E-state index contributed by atoms with van der Waals surface area (Å²) in [5.74, 6) is -0.282. The first-order valence-corrected chi connectivity index (χ1v) is 18.9. The van der Waals surface area contributed by atoms with Crippen LogP contribution in [0.2, 0.25) is 0 Å². The molecule has 0 aliphatic heterocycles. The third-order valence-electron chi connectivity index (χ3n) is 7.40. The van der Waals surface area contributed by atoms with Crippen molar-refractivity contribution in [3.63, 3.8) is 0 Å². The maximum Gasteiger partial charge on any atom is 0.472 e. The summed E-state index contributed by atoms with van der Waals surface area (Å²) in [6.07, 6.45) is 33.0. The van der Waals surface area contributed by atoms with Crippen LogP contribution in [-0.4, -0.2) is 73.4 Å². The number of allylic oxidation sites excluding steroid dienone is 5. The number of carbonyl (C=O) groups excluding carboxylic acids is 1. The number of carbonyl (C=O) groups is 1. The summed E-state index contributed by atoms with van der Waals surface area (Å²) >= 11 is 0. The van der Waals surface area contributed by atoms with E-state index in [1.807, 2.05) is 27.2 Å². The van der Waals surface area contributed by atoms with E-state index in [0.717, 1.165) is 25.7 Å². The summed E-state index contributed by atoms with van der Waals surface area (Å²) < 4.78 is 22.9. The second-order valence-electron chi connectivity index (χ2n) is 12.8. The molecule has 1 amide bonds. The van der Waals surface area contributed by atoms with E-state index in [1.54, 1.807) is 13.0 Å². The Morgan fingerprint density at radius 2 is 1.23 bits per heavy atom. The lowest BCUT2D eigenvalue weighted by Gasteiger charge is -2.25. The van der Waals surface area contributed by atoms with E-state index in [0.29, 0.717) is 11.0 Å². The Morgan fingerprint density at radius 1 is 0.750 bits per heavy atom. The van der Waals surface area contributed by atoms with Crippen LogP contribution in [0.15, 0.2) is 36.5 Å². The summed E-state index contributed by atoms with van der Waals surface area (Å²) in [6.45, 7) is 4.20. The van der Waals surface area contributed by atoms with E-state index in [1.165, 1.54) is 83.5 Å². The molecular weight excluding hydrogens is 575 g/mol. The first-order chi connectivity index (χ1) is 21.0. The number of rotatable bonds is 30. The van der Waals surface area contributed by atoms with Crippen molar-refractivity contribution < 1.29 is 32.9 Å². The van der Waals surface area contributed by atoms with Crippen LogP contribution < -0.4 is 5.32 Å². The van der Waals surface area contributed by atoms with Gasteiger partial charge in [0.05, 0.1) is 39.9 Å². The molecule has 0 rings (SSSR count). The lowest BCUT2D eigenvalue weighted by Crippen LogP contribution is -2.45. The van der Waals surface area contributed by atoms with Crippen molar-refractivity contribution in [3.8, 4) is 0 Å². The molecule has 0 aromatic rings. The Labute approximate surface area is 270 Å². The molecule has 0 saturated heterocycles. The normalized spacial score (nSPS) is 15.3. The Hall–Kier alpha value is -1.28. The highest BCUT2D eigenvalue weighted by atomic mass is 31.2. The number of nitrogens with zero attached hydrogens (tertiary/aromatic N) is 1. The molecule has 0 fully saturated rings. The first-order valence-electron chi connectivity index (χ1n) is 17.4. The van der Waals surface area contributed by atoms with Crippen molar-refractivity contribution >= 4 is 13.7 Å². The standard InChI is InChI=1S/C35H67N2O6P/c1-6-8-9-10-11-12-13-14-15-16-17-18-19-20-21-22-23-24-25-26-27-28-29-34(38)33(36-35(39)7-2)32-43-44(40,41)42-31-30-37(3,4)5/h20-21,24-25,28-29,33-34,38H,6-19,22-23,26-27,30-32H2,1-5H3,(H-,36,39,40,41)/p+1/b21-20+,25-24+,29-28+. The molecule has 258 valence electrons. The predicted octanol–water partition coefficient (Wildman–Crippen LogP) is 8.40. The van der Waals surface area contributed by atoms with Crippen LogP contribution in [0.4, 0.5) is 0 Å². The minimum atomic E-state index is -4.30. The summed E-state index contributed by atoms with van der Waals surface area (Å²) in [5, 5.41) is 13.2. The summed E-state index contributed by atoms with van der Waals surface area (Å²) in [6, 6.07) is -0.863. The topological polar surface area (TPSA) is 105 Å². The van der Waals surface area contributed by atoms with Gasteiger partial charge in [-0.2, -0.15) is 0 Å². The average molecular weight is 644 g/mol. The molecule has 0 aliphatic carbocycles. The maximum atomic E-state index is 12.2. The molecule has 0 aromatic heterocycles. The molecule has 0 aliphatic rings. The number of phosphoric acid groups is 1. The van der Waals surface area contributed by atoms with E-state index in [2.05, 4.69) is 36.5 Å². The van der Waals surface area contributed by atoms with Gasteiger partial charge in [0.15, 0.2) is 0 Å². The number of hydrogen-bond acceptors (Lipinski definition) is 5. The van der Waals surface area contributed by atoms with Crippen molar-refractivity contribution in [3.05, 3.63) is 36.5 Å². The molecule has 44 heavy (non-hydrogen) atoms. The molecule has 0 aromatic carbocycles. The van der Waals surface area contributed by atoms with Gasteiger partial charge in [0.2, 0.25) is 5.91 Å². The quantitative estimate of drug-likeness (QED) is 0.0314. The van der Waals surface area contributed by atoms with Crippen LogP contribution in [0.5, 0.6) is 0 Å². The molecule has 3 unspecified atom stereocenters. The highest BCUT2D eigenvalue weighted by Gasteiger charge is 2.27. The van der Waals surface area contributed by atoms with E-state index in [4.69, 9.17) is 9.05 Å². The molecule has 9 heteroatoms. The Kier molecular flexibility index (Phi) is 27.2. The van der Waals surface area contributed by atoms with Gasteiger partial charge in [0.25, 0.3) is 0 Å². The number of hydrogen-bond donors (Lipinski definition) is 3. The van der Waals surface area contributed by atoms with Crippen molar-refractivity contribution in [2.45, 2.75) is 142 Å². The molecule has 3 atom stereocenters. The lowest BCUT2D eigenvalue weighted by atomic mass is 10.0. The molecule has 0 bridgehead atoms. The Balaban J connectivity index is 4.05. The zero-order valence-corrected chi connectivity index (χ0v) is 29.8.